The summed E-state index contributed by atoms with van der Waals surface area (Å²) in [5.41, 5.74) is 0.702. The number of carbonyl (C=O) groups excluding carboxylic acids is 1. The van der Waals surface area contributed by atoms with Gasteiger partial charge in [0, 0.05) is 50.3 Å². The van der Waals surface area contributed by atoms with Crippen molar-refractivity contribution in [3.05, 3.63) is 46.2 Å². The van der Waals surface area contributed by atoms with Crippen molar-refractivity contribution < 1.29 is 21.6 Å². The van der Waals surface area contributed by atoms with Crippen LogP contribution in [0.4, 0.5) is 0 Å². The van der Waals surface area contributed by atoms with Gasteiger partial charge in [-0.05, 0) is 82.9 Å². The molecule has 1 amide bonds. The summed E-state index contributed by atoms with van der Waals surface area (Å²) in [6, 6.07) is 9.55. The third kappa shape index (κ3) is 6.85. The molecule has 3 atom stereocenters. The van der Waals surface area contributed by atoms with Gasteiger partial charge in [-0.3, -0.25) is 14.5 Å². The van der Waals surface area contributed by atoms with E-state index in [0.717, 1.165) is 36.6 Å². The Kier molecular flexibility index (Phi) is 9.39. The molecule has 1 N–H and O–H groups in total. The molecule has 238 valence electrons. The smallest absolute Gasteiger partial charge is 0.264 e. The minimum atomic E-state index is -3.46. The Hall–Kier alpha value is -2.32. The molecular formula is C30H45N5O6S2. The Morgan fingerprint density at radius 2 is 1.65 bits per heavy atom. The molecule has 2 aromatic rings. The second-order valence-corrected chi connectivity index (χ2v) is 16.9. The molecule has 0 radical (unpaired) electrons. The molecule has 1 unspecified atom stereocenters. The number of piperidine rings is 2. The molecule has 13 heteroatoms. The lowest BCUT2D eigenvalue weighted by molar-refractivity contribution is 0.0844. The molecule has 0 saturated carbocycles. The van der Waals surface area contributed by atoms with E-state index in [1.807, 2.05) is 38.1 Å². The molecule has 3 aliphatic heterocycles. The molecule has 0 aliphatic carbocycles. The van der Waals surface area contributed by atoms with Crippen LogP contribution in [0, 0.1) is 0 Å². The number of pyridine rings is 1. The normalized spacial score (nSPS) is 24.3. The number of amides is 1. The minimum absolute atomic E-state index is 0.0349. The molecule has 4 heterocycles. The van der Waals surface area contributed by atoms with Crippen LogP contribution in [0.25, 0.3) is 10.9 Å². The number of rotatable bonds is 10. The van der Waals surface area contributed by atoms with Crippen molar-refractivity contribution in [3.63, 3.8) is 0 Å². The number of carbonyl (C=O) groups is 1. The van der Waals surface area contributed by atoms with Gasteiger partial charge in [-0.2, -0.15) is 0 Å². The average Bonchev–Trinajstić information content (AvgIpc) is 3.18. The number of benzene rings is 1. The topological polar surface area (TPSA) is 129 Å². The van der Waals surface area contributed by atoms with E-state index in [2.05, 4.69) is 10.2 Å². The van der Waals surface area contributed by atoms with Crippen molar-refractivity contribution in [3.8, 4) is 0 Å². The van der Waals surface area contributed by atoms with Crippen LogP contribution >= 0.6 is 0 Å². The fourth-order valence-electron chi connectivity index (χ4n) is 7.32. The number of fused-ring (bicyclic) bond motifs is 3. The summed E-state index contributed by atoms with van der Waals surface area (Å²) in [6.07, 6.45) is 6.28. The first-order valence-electron chi connectivity index (χ1n) is 15.4. The van der Waals surface area contributed by atoms with E-state index in [0.29, 0.717) is 38.9 Å². The quantitative estimate of drug-likeness (QED) is 0.425. The summed E-state index contributed by atoms with van der Waals surface area (Å²) in [5, 5.41) is 4.01. The zero-order valence-corrected chi connectivity index (χ0v) is 27.2. The molecule has 1 aromatic heterocycles. The van der Waals surface area contributed by atoms with Crippen molar-refractivity contribution in [2.24, 2.45) is 0 Å². The monoisotopic (exact) mass is 635 g/mol. The summed E-state index contributed by atoms with van der Waals surface area (Å²) >= 11 is 0. The van der Waals surface area contributed by atoms with E-state index in [9.17, 15) is 26.4 Å². The summed E-state index contributed by atoms with van der Waals surface area (Å²) < 4.78 is 54.4. The van der Waals surface area contributed by atoms with E-state index in [1.165, 1.54) is 14.9 Å². The average molecular weight is 636 g/mol. The number of hydrogen-bond donors (Lipinski definition) is 1. The third-order valence-electron chi connectivity index (χ3n) is 9.59. The third-order valence-corrected chi connectivity index (χ3v) is 12.9. The number of hydrogen-bond acceptors (Lipinski definition) is 7. The Morgan fingerprint density at radius 1 is 1.02 bits per heavy atom. The van der Waals surface area contributed by atoms with Gasteiger partial charge >= 0.3 is 0 Å². The summed E-state index contributed by atoms with van der Waals surface area (Å²) in [6.45, 7) is 5.24. The van der Waals surface area contributed by atoms with Crippen molar-refractivity contribution in [1.29, 1.82) is 0 Å². The van der Waals surface area contributed by atoms with Crippen molar-refractivity contribution in [1.82, 2.24) is 23.4 Å². The Bertz CT molecular complexity index is 1600. The lowest BCUT2D eigenvalue weighted by Gasteiger charge is -2.39. The maximum atomic E-state index is 13.4. The number of nitrogens with one attached hydrogen (secondary N) is 1. The van der Waals surface area contributed by atoms with Gasteiger partial charge in [-0.25, -0.2) is 25.4 Å². The van der Waals surface area contributed by atoms with E-state index in [4.69, 9.17) is 0 Å². The summed E-state index contributed by atoms with van der Waals surface area (Å²) in [4.78, 5) is 29.1. The Morgan fingerprint density at radius 3 is 2.26 bits per heavy atom. The van der Waals surface area contributed by atoms with Gasteiger partial charge in [-0.1, -0.05) is 18.2 Å². The number of para-hydroxylation sites is 1. The molecule has 43 heavy (non-hydrogen) atoms. The number of aromatic nitrogens is 1. The first-order chi connectivity index (χ1) is 20.3. The van der Waals surface area contributed by atoms with E-state index >= 15 is 0 Å². The summed E-state index contributed by atoms with van der Waals surface area (Å²) in [7, 11) is -5.11. The van der Waals surface area contributed by atoms with Gasteiger partial charge in [0.1, 0.15) is 5.56 Å². The maximum Gasteiger partial charge on any atom is 0.264 e. The van der Waals surface area contributed by atoms with Crippen LogP contribution in [0.1, 0.15) is 75.2 Å². The van der Waals surface area contributed by atoms with Gasteiger partial charge < -0.3 is 9.88 Å². The van der Waals surface area contributed by atoms with Gasteiger partial charge in [0.2, 0.25) is 20.0 Å². The molecular weight excluding hydrogens is 590 g/mol. The standard InChI is InChI=1S/C30H45N5O6S2/c1-21(2)35-28-9-6-5-8-22(28)18-27(30(35)37)29(36)31-23-19-25-10-11-26(20-23)34(25)14-7-17-43(40,41)32(3)24-12-15-33(16-13-24)42(4,38)39/h5-6,8-9,18,21,23-26H,7,10-17,19-20H2,1-4H3,(H,31,36)/t23?,25-,26+. The van der Waals surface area contributed by atoms with Crippen LogP contribution in [0.3, 0.4) is 0 Å². The lowest BCUT2D eigenvalue weighted by atomic mass is 9.96. The molecule has 5 rings (SSSR count). The maximum absolute atomic E-state index is 13.4. The number of sulfonamides is 2. The highest BCUT2D eigenvalue weighted by molar-refractivity contribution is 7.89. The molecule has 3 saturated heterocycles. The molecule has 1 aromatic carbocycles. The Balaban J connectivity index is 1.15. The molecule has 2 bridgehead atoms. The highest BCUT2D eigenvalue weighted by Gasteiger charge is 2.41. The molecule has 3 aliphatic rings. The van der Waals surface area contributed by atoms with Gasteiger partial charge in [0.05, 0.1) is 17.5 Å². The Labute approximate surface area is 255 Å². The zero-order chi connectivity index (χ0) is 31.1. The van der Waals surface area contributed by atoms with Crippen LogP contribution in [-0.4, -0.2) is 104 Å². The predicted molar refractivity (Wildman–Crippen MR) is 168 cm³/mol. The summed E-state index contributed by atoms with van der Waals surface area (Å²) in [5.74, 6) is -0.282. The van der Waals surface area contributed by atoms with Crippen molar-refractivity contribution in [2.75, 3.05) is 38.7 Å². The van der Waals surface area contributed by atoms with E-state index < -0.39 is 20.0 Å². The van der Waals surface area contributed by atoms with Crippen molar-refractivity contribution in [2.45, 2.75) is 89.0 Å². The fraction of sp³-hybridized carbons (Fsp3) is 0.667. The second kappa shape index (κ2) is 12.6. The van der Waals surface area contributed by atoms with Gasteiger partial charge in [-0.15, -0.1) is 0 Å². The minimum Gasteiger partial charge on any atom is -0.349 e. The fourth-order valence-corrected chi connectivity index (χ4v) is 9.64. The first-order valence-corrected chi connectivity index (χ1v) is 18.8. The van der Waals surface area contributed by atoms with Gasteiger partial charge in [0.25, 0.3) is 11.5 Å². The highest BCUT2D eigenvalue weighted by Crippen LogP contribution is 2.36. The van der Waals surface area contributed by atoms with E-state index in [1.54, 1.807) is 17.7 Å². The first kappa shape index (κ1) is 32.1. The second-order valence-electron chi connectivity index (χ2n) is 12.7. The van der Waals surface area contributed by atoms with Crippen LogP contribution in [-0.2, 0) is 20.0 Å². The lowest BCUT2D eigenvalue weighted by Crippen LogP contribution is -2.51. The van der Waals surface area contributed by atoms with E-state index in [-0.39, 0.29) is 53.0 Å². The van der Waals surface area contributed by atoms with Crippen molar-refractivity contribution >= 4 is 36.9 Å². The van der Waals surface area contributed by atoms with Crippen LogP contribution in [0.5, 0.6) is 0 Å². The van der Waals surface area contributed by atoms with Crippen LogP contribution < -0.4 is 10.9 Å². The molecule has 3 fully saturated rings. The number of nitrogens with zero attached hydrogens (tertiary/aromatic N) is 4. The van der Waals surface area contributed by atoms with Crippen LogP contribution in [0.15, 0.2) is 35.1 Å². The predicted octanol–water partition coefficient (Wildman–Crippen LogP) is 2.38. The largest absolute Gasteiger partial charge is 0.349 e. The molecule has 11 nitrogen and oxygen atoms in total. The highest BCUT2D eigenvalue weighted by atomic mass is 32.2. The van der Waals surface area contributed by atoms with Gasteiger partial charge in [0.15, 0.2) is 0 Å². The van der Waals surface area contributed by atoms with Crippen LogP contribution in [0.2, 0.25) is 0 Å². The SMILES string of the molecule is CC(C)n1c(=O)c(C(=O)NC2C[C@H]3CC[C@@H](C2)N3CCCS(=O)(=O)N(C)C2CCN(S(C)(=O)=O)CC2)cc2ccccc21. The zero-order valence-electron chi connectivity index (χ0n) is 25.6. The molecule has 0 spiro atoms.